The molecule has 1 aliphatic heterocycles. The number of unbranched alkanes of at least 4 members (excludes halogenated alkanes) is 25. The van der Waals surface area contributed by atoms with E-state index < -0.39 is 59.8 Å². The second-order valence-electron chi connectivity index (χ2n) is 19.5. The van der Waals surface area contributed by atoms with E-state index in [4.69, 9.17) is 18.9 Å². The van der Waals surface area contributed by atoms with Crippen LogP contribution in [0.2, 0.25) is 0 Å². The second-order valence-corrected chi connectivity index (χ2v) is 20.5. The zero-order valence-corrected chi connectivity index (χ0v) is 46.0. The summed E-state index contributed by atoms with van der Waals surface area (Å²) in [5.74, 6) is -0.413. The van der Waals surface area contributed by atoms with Gasteiger partial charge in [0.2, 0.25) is 0 Å². The fourth-order valence-electron chi connectivity index (χ4n) is 8.52. The molecule has 13 heteroatoms. The van der Waals surface area contributed by atoms with Crippen LogP contribution in [0.4, 0.5) is 0 Å². The van der Waals surface area contributed by atoms with Gasteiger partial charge in [0.15, 0.2) is 6.29 Å². The molecule has 0 amide bonds. The van der Waals surface area contributed by atoms with Crippen LogP contribution in [0, 0.1) is 0 Å². The van der Waals surface area contributed by atoms with Gasteiger partial charge in [-0.05, 0) is 83.5 Å². The minimum Gasteiger partial charge on any atom is -0.457 e. The second kappa shape index (κ2) is 49.4. The summed E-state index contributed by atoms with van der Waals surface area (Å²) in [6.07, 6.45) is 56.5. The van der Waals surface area contributed by atoms with Gasteiger partial charge in [-0.3, -0.25) is 9.35 Å². The van der Waals surface area contributed by atoms with Crippen molar-refractivity contribution in [2.24, 2.45) is 0 Å². The normalized spacial score (nSPS) is 19.4. The molecule has 0 spiro atoms. The molecule has 4 N–H and O–H groups in total. The molecule has 0 bridgehead atoms. The number of ether oxygens (including phenoxy) is 4. The summed E-state index contributed by atoms with van der Waals surface area (Å²) < 4.78 is 59.4. The SMILES string of the molecule is CC/C=C\C/C=C\C/C=C\C/C=C\CCCCCCCCC(=O)OC(COCCCCCCCCCCCCCCCC/C=C\C/C=C\CCCCCCC)COC1OC(CO)C(O)C(OS(=O)(=O)O)C1O. The predicted octanol–water partition coefficient (Wildman–Crippen LogP) is 14.2. The Hall–Kier alpha value is -2.46. The Morgan fingerprint density at radius 2 is 0.958 bits per heavy atom. The largest absolute Gasteiger partial charge is 0.457 e. The Labute approximate surface area is 439 Å². The Kier molecular flexibility index (Phi) is 46.4. The van der Waals surface area contributed by atoms with Gasteiger partial charge in [-0.2, -0.15) is 8.42 Å². The highest BCUT2D eigenvalue weighted by Gasteiger charge is 2.48. The first-order chi connectivity index (χ1) is 35.1. The van der Waals surface area contributed by atoms with Crippen molar-refractivity contribution < 1.29 is 56.2 Å². The molecule has 0 saturated carbocycles. The summed E-state index contributed by atoms with van der Waals surface area (Å²) in [5.41, 5.74) is 0. The number of aliphatic hydroxyl groups is 3. The fraction of sp³-hybridized carbons (Fsp3) is 0.780. The highest BCUT2D eigenvalue weighted by Crippen LogP contribution is 2.26. The van der Waals surface area contributed by atoms with Crippen LogP contribution < -0.4 is 0 Å². The standard InChI is InChI=1S/C59H104O12S/c1-3-5-7-9-11-13-15-17-19-21-23-24-25-26-27-28-29-31-33-35-37-39-41-43-45-47-49-67-51-53(52-68-59-57(63)58(71-72(64,65)66)56(62)54(50-60)70-59)69-55(61)48-46-44-42-40-38-36-34-32-30-22-20-18-16-14-12-10-8-6-4-2/h6,8,12,14-15,17-18,20-21,23,30,32,53-54,56-60,62-63H,3-5,7,9-11,13,16,19,22,24-29,31,33-52H2,1-2H3,(H,64,65,66)/b8-6-,14-12-,17-15-,20-18-,23-21-,32-30-. The van der Waals surface area contributed by atoms with E-state index in [1.807, 2.05) is 0 Å². The zero-order valence-electron chi connectivity index (χ0n) is 45.2. The summed E-state index contributed by atoms with van der Waals surface area (Å²) in [6.45, 7) is 3.87. The van der Waals surface area contributed by atoms with Gasteiger partial charge in [0.1, 0.15) is 30.5 Å². The van der Waals surface area contributed by atoms with Crippen LogP contribution in [-0.4, -0.2) is 97.5 Å². The lowest BCUT2D eigenvalue weighted by atomic mass is 9.99. The van der Waals surface area contributed by atoms with E-state index in [9.17, 15) is 33.1 Å². The minimum absolute atomic E-state index is 0.0274. The van der Waals surface area contributed by atoms with E-state index in [1.54, 1.807) is 0 Å². The topological polar surface area (TPSA) is 178 Å². The van der Waals surface area contributed by atoms with Crippen LogP contribution in [0.15, 0.2) is 72.9 Å². The van der Waals surface area contributed by atoms with Crippen molar-refractivity contribution in [1.29, 1.82) is 0 Å². The van der Waals surface area contributed by atoms with Crippen molar-refractivity contribution in [3.63, 3.8) is 0 Å². The van der Waals surface area contributed by atoms with Crippen LogP contribution in [0.1, 0.15) is 232 Å². The smallest absolute Gasteiger partial charge is 0.397 e. The number of aliphatic hydroxyl groups excluding tert-OH is 3. The molecule has 1 fully saturated rings. The third kappa shape index (κ3) is 41.8. The van der Waals surface area contributed by atoms with Crippen molar-refractivity contribution in [2.75, 3.05) is 26.4 Å². The molecule has 12 nitrogen and oxygen atoms in total. The van der Waals surface area contributed by atoms with E-state index in [2.05, 4.69) is 90.9 Å². The lowest BCUT2D eigenvalue weighted by Crippen LogP contribution is -2.60. The highest BCUT2D eigenvalue weighted by molar-refractivity contribution is 7.80. The lowest BCUT2D eigenvalue weighted by molar-refractivity contribution is -0.301. The summed E-state index contributed by atoms with van der Waals surface area (Å²) >= 11 is 0. The summed E-state index contributed by atoms with van der Waals surface area (Å²) in [4.78, 5) is 12.9. The van der Waals surface area contributed by atoms with Crippen molar-refractivity contribution in [2.45, 2.75) is 269 Å². The van der Waals surface area contributed by atoms with Crippen LogP contribution >= 0.6 is 0 Å². The number of rotatable bonds is 50. The average Bonchev–Trinajstić information content (AvgIpc) is 3.36. The molecule has 1 heterocycles. The van der Waals surface area contributed by atoms with E-state index in [0.717, 1.165) is 89.9 Å². The molecule has 0 aromatic heterocycles. The van der Waals surface area contributed by atoms with Gasteiger partial charge in [-0.25, -0.2) is 4.18 Å². The van der Waals surface area contributed by atoms with Crippen molar-refractivity contribution in [3.05, 3.63) is 72.9 Å². The number of allylic oxidation sites excluding steroid dienone is 12. The number of esters is 1. The molecule has 1 aliphatic rings. The number of carbonyl (C=O) groups excluding carboxylic acids is 1. The van der Waals surface area contributed by atoms with Gasteiger partial charge < -0.3 is 34.3 Å². The van der Waals surface area contributed by atoms with Crippen LogP contribution in [0.5, 0.6) is 0 Å². The molecule has 72 heavy (non-hydrogen) atoms. The number of hydrogen-bond acceptors (Lipinski definition) is 11. The molecule has 6 atom stereocenters. The Balaban J connectivity index is 2.30. The molecular formula is C59H104O12S. The Morgan fingerprint density at radius 1 is 0.542 bits per heavy atom. The number of carbonyl (C=O) groups is 1. The maximum atomic E-state index is 12.9. The third-order valence-corrected chi connectivity index (χ3v) is 13.3. The van der Waals surface area contributed by atoms with Crippen molar-refractivity contribution in [1.82, 2.24) is 0 Å². The van der Waals surface area contributed by atoms with Gasteiger partial charge in [0, 0.05) is 13.0 Å². The zero-order chi connectivity index (χ0) is 52.4. The fourth-order valence-corrected chi connectivity index (χ4v) is 9.03. The molecule has 1 rings (SSSR count). The third-order valence-electron chi connectivity index (χ3n) is 12.8. The molecule has 0 radical (unpaired) electrons. The van der Waals surface area contributed by atoms with Gasteiger partial charge in [0.05, 0.1) is 19.8 Å². The van der Waals surface area contributed by atoms with E-state index >= 15 is 0 Å². The molecule has 0 aromatic rings. The maximum Gasteiger partial charge on any atom is 0.397 e. The Bertz CT molecular complexity index is 1520. The predicted molar refractivity (Wildman–Crippen MR) is 294 cm³/mol. The van der Waals surface area contributed by atoms with Crippen molar-refractivity contribution in [3.8, 4) is 0 Å². The molecule has 418 valence electrons. The first-order valence-electron chi connectivity index (χ1n) is 28.7. The van der Waals surface area contributed by atoms with Crippen LogP contribution in [-0.2, 0) is 38.3 Å². The average molecular weight is 1040 g/mol. The lowest BCUT2D eigenvalue weighted by Gasteiger charge is -2.41. The minimum atomic E-state index is -5.07. The van der Waals surface area contributed by atoms with E-state index in [-0.39, 0.29) is 19.6 Å². The molecule has 6 unspecified atom stereocenters. The van der Waals surface area contributed by atoms with Crippen LogP contribution in [0.25, 0.3) is 0 Å². The molecule has 0 aromatic carbocycles. The molecule has 1 saturated heterocycles. The number of hydrogen-bond donors (Lipinski definition) is 4. The van der Waals surface area contributed by atoms with E-state index in [1.165, 1.54) is 116 Å². The molecule has 0 aliphatic carbocycles. The highest BCUT2D eigenvalue weighted by atomic mass is 32.3. The summed E-state index contributed by atoms with van der Waals surface area (Å²) in [7, 11) is -5.07. The van der Waals surface area contributed by atoms with Gasteiger partial charge in [-0.15, -0.1) is 0 Å². The summed E-state index contributed by atoms with van der Waals surface area (Å²) in [5, 5.41) is 30.8. The first-order valence-corrected chi connectivity index (χ1v) is 30.1. The summed E-state index contributed by atoms with van der Waals surface area (Å²) in [6, 6.07) is 0. The first kappa shape index (κ1) is 67.6. The van der Waals surface area contributed by atoms with Crippen molar-refractivity contribution >= 4 is 16.4 Å². The quantitative estimate of drug-likeness (QED) is 0.0196. The Morgan fingerprint density at radius 3 is 1.40 bits per heavy atom. The molecular weight excluding hydrogens is 933 g/mol. The van der Waals surface area contributed by atoms with Gasteiger partial charge >= 0.3 is 16.4 Å². The van der Waals surface area contributed by atoms with Crippen LogP contribution in [0.3, 0.4) is 0 Å². The van der Waals surface area contributed by atoms with E-state index in [0.29, 0.717) is 13.0 Å². The monoisotopic (exact) mass is 1040 g/mol. The van der Waals surface area contributed by atoms with Gasteiger partial charge in [-0.1, -0.05) is 215 Å². The maximum absolute atomic E-state index is 12.9. The van der Waals surface area contributed by atoms with Gasteiger partial charge in [0.25, 0.3) is 0 Å².